The van der Waals surface area contributed by atoms with Gasteiger partial charge in [-0.15, -0.1) is 0 Å². The van der Waals surface area contributed by atoms with Gasteiger partial charge in [-0.1, -0.05) is 29.3 Å². The number of hydrogen-bond donors (Lipinski definition) is 3. The summed E-state index contributed by atoms with van der Waals surface area (Å²) >= 11 is 3.35. The Morgan fingerprint density at radius 3 is 2.68 bits per heavy atom. The first-order valence-corrected chi connectivity index (χ1v) is 8.76. The molecule has 0 saturated heterocycles. The van der Waals surface area contributed by atoms with Gasteiger partial charge in [-0.2, -0.15) is 0 Å². The molecule has 0 spiro atoms. The number of hydrogen-bond acceptors (Lipinski definition) is 5. The summed E-state index contributed by atoms with van der Waals surface area (Å²) in [6.07, 6.45) is 1.24. The molecule has 1 aliphatic heterocycles. The van der Waals surface area contributed by atoms with Crippen LogP contribution in [-0.4, -0.2) is 30.8 Å². The number of phenolic OH excluding ortho intramolecular Hbond substituents is 1. The van der Waals surface area contributed by atoms with E-state index in [1.807, 2.05) is 6.92 Å². The van der Waals surface area contributed by atoms with Gasteiger partial charge in [0.2, 0.25) is 0 Å². The number of aromatic hydroxyl groups is 1. The van der Waals surface area contributed by atoms with Gasteiger partial charge in [0.1, 0.15) is 0 Å². The van der Waals surface area contributed by atoms with E-state index in [4.69, 9.17) is 9.47 Å². The van der Waals surface area contributed by atoms with Gasteiger partial charge >= 0.3 is 12.0 Å². The van der Waals surface area contributed by atoms with Crippen molar-refractivity contribution in [1.82, 2.24) is 10.6 Å². The molecule has 0 aromatic heterocycles. The first-order valence-electron chi connectivity index (χ1n) is 7.96. The summed E-state index contributed by atoms with van der Waals surface area (Å²) in [5, 5.41) is 15.9. The maximum atomic E-state index is 12.5. The number of urea groups is 1. The fourth-order valence-corrected chi connectivity index (χ4v) is 3.17. The van der Waals surface area contributed by atoms with Crippen molar-refractivity contribution in [2.24, 2.45) is 0 Å². The monoisotopic (exact) mass is 412 g/mol. The van der Waals surface area contributed by atoms with E-state index in [0.29, 0.717) is 22.2 Å². The molecule has 0 radical (unpaired) electrons. The molecule has 0 aliphatic carbocycles. The van der Waals surface area contributed by atoms with E-state index in [9.17, 15) is 14.7 Å². The average Bonchev–Trinajstić information content (AvgIpc) is 2.56. The maximum absolute atomic E-state index is 12.5. The topological polar surface area (TPSA) is 96.9 Å². The van der Waals surface area contributed by atoms with E-state index in [1.165, 1.54) is 7.11 Å². The molecule has 1 aromatic carbocycles. The summed E-state index contributed by atoms with van der Waals surface area (Å²) in [4.78, 5) is 24.6. The minimum absolute atomic E-state index is 0.143. The van der Waals surface area contributed by atoms with Crippen molar-refractivity contribution in [2.45, 2.75) is 32.7 Å². The van der Waals surface area contributed by atoms with Crippen LogP contribution in [0.1, 0.15) is 38.3 Å². The lowest BCUT2D eigenvalue weighted by Crippen LogP contribution is -2.46. The lowest BCUT2D eigenvalue weighted by atomic mass is 9.93. The molecule has 136 valence electrons. The molecule has 7 nitrogen and oxygen atoms in total. The molecule has 8 heteroatoms. The second kappa shape index (κ2) is 8.24. The number of phenols is 1. The van der Waals surface area contributed by atoms with Gasteiger partial charge < -0.3 is 25.2 Å². The molecule has 0 bridgehead atoms. The first kappa shape index (κ1) is 19.1. The normalized spacial score (nSPS) is 17.0. The number of esters is 1. The van der Waals surface area contributed by atoms with E-state index in [0.717, 1.165) is 6.42 Å². The second-order valence-electron chi connectivity index (χ2n) is 5.44. The lowest BCUT2D eigenvalue weighted by molar-refractivity contribution is -0.139. The first-order chi connectivity index (χ1) is 11.9. The molecule has 1 heterocycles. The number of amides is 2. The molecule has 1 aromatic rings. The van der Waals surface area contributed by atoms with Crippen LogP contribution >= 0.6 is 15.9 Å². The number of halogens is 1. The predicted molar refractivity (Wildman–Crippen MR) is 95.3 cm³/mol. The van der Waals surface area contributed by atoms with E-state index >= 15 is 0 Å². The van der Waals surface area contributed by atoms with Crippen molar-refractivity contribution in [1.29, 1.82) is 0 Å². The van der Waals surface area contributed by atoms with Gasteiger partial charge in [-0.25, -0.2) is 9.59 Å². The molecule has 25 heavy (non-hydrogen) atoms. The Bertz CT molecular complexity index is 717. The number of allylic oxidation sites excluding steroid dienone is 1. The zero-order valence-corrected chi connectivity index (χ0v) is 15.9. The highest BCUT2D eigenvalue weighted by molar-refractivity contribution is 9.10. The SMILES string of the molecule is CCCC1=C(C(=O)OCC)C(c2cc(Br)cc(OC)c2O)NC(=O)N1. The summed E-state index contributed by atoms with van der Waals surface area (Å²) in [5.41, 5.74) is 1.12. The summed E-state index contributed by atoms with van der Waals surface area (Å²) in [5.74, 6) is -0.449. The minimum Gasteiger partial charge on any atom is -0.504 e. The van der Waals surface area contributed by atoms with Gasteiger partial charge in [0.15, 0.2) is 11.5 Å². The van der Waals surface area contributed by atoms with Gasteiger partial charge in [0.25, 0.3) is 0 Å². The molecule has 2 rings (SSSR count). The van der Waals surface area contributed by atoms with Crippen LogP contribution in [0.4, 0.5) is 4.79 Å². The Balaban J connectivity index is 2.63. The third kappa shape index (κ3) is 4.07. The number of benzene rings is 1. The van der Waals surface area contributed by atoms with Crippen LogP contribution in [0.2, 0.25) is 0 Å². The van der Waals surface area contributed by atoms with Gasteiger partial charge in [0, 0.05) is 15.7 Å². The number of nitrogens with one attached hydrogen (secondary N) is 2. The van der Waals surface area contributed by atoms with Crippen LogP contribution in [0.3, 0.4) is 0 Å². The van der Waals surface area contributed by atoms with Crippen molar-refractivity contribution in [3.8, 4) is 11.5 Å². The highest BCUT2D eigenvalue weighted by Crippen LogP contribution is 2.41. The smallest absolute Gasteiger partial charge is 0.338 e. The fraction of sp³-hybridized carbons (Fsp3) is 0.412. The van der Waals surface area contributed by atoms with Crippen molar-refractivity contribution in [3.63, 3.8) is 0 Å². The van der Waals surface area contributed by atoms with Crippen LogP contribution < -0.4 is 15.4 Å². The van der Waals surface area contributed by atoms with E-state index < -0.39 is 18.0 Å². The molecule has 1 unspecified atom stereocenters. The zero-order valence-electron chi connectivity index (χ0n) is 14.3. The number of methoxy groups -OCH3 is 1. The summed E-state index contributed by atoms with van der Waals surface area (Å²) in [6.45, 7) is 3.86. The number of carbonyl (C=O) groups excluding carboxylic acids is 2. The fourth-order valence-electron chi connectivity index (χ4n) is 2.72. The number of rotatable bonds is 6. The number of ether oxygens (including phenoxy) is 2. The second-order valence-corrected chi connectivity index (χ2v) is 6.36. The van der Waals surface area contributed by atoms with Crippen LogP contribution in [0.5, 0.6) is 11.5 Å². The van der Waals surface area contributed by atoms with Crippen molar-refractivity contribution >= 4 is 27.9 Å². The third-order valence-electron chi connectivity index (χ3n) is 3.75. The molecule has 2 amide bonds. The summed E-state index contributed by atoms with van der Waals surface area (Å²) in [6, 6.07) is 1.94. The Morgan fingerprint density at radius 2 is 2.08 bits per heavy atom. The molecular formula is C17H21BrN2O5. The Labute approximate surface area is 154 Å². The van der Waals surface area contributed by atoms with Crippen LogP contribution in [0, 0.1) is 0 Å². The van der Waals surface area contributed by atoms with E-state index in [-0.39, 0.29) is 23.7 Å². The molecular weight excluding hydrogens is 392 g/mol. The Morgan fingerprint density at radius 1 is 1.36 bits per heavy atom. The summed E-state index contributed by atoms with van der Waals surface area (Å²) in [7, 11) is 1.43. The molecule has 1 atom stereocenters. The Hall–Kier alpha value is -2.22. The largest absolute Gasteiger partial charge is 0.504 e. The van der Waals surface area contributed by atoms with Crippen LogP contribution in [-0.2, 0) is 9.53 Å². The third-order valence-corrected chi connectivity index (χ3v) is 4.21. The van der Waals surface area contributed by atoms with Crippen molar-refractivity contribution in [2.75, 3.05) is 13.7 Å². The minimum atomic E-state index is -0.847. The lowest BCUT2D eigenvalue weighted by Gasteiger charge is -2.30. The summed E-state index contributed by atoms with van der Waals surface area (Å²) < 4.78 is 11.0. The standard InChI is InChI=1S/C17H21BrN2O5/c1-4-6-11-13(16(22)25-5-2)14(20-17(23)19-11)10-7-9(18)8-12(24-3)15(10)21/h7-8,14,21H,4-6H2,1-3H3,(H2,19,20,23). The Kier molecular flexibility index (Phi) is 6.30. The van der Waals surface area contributed by atoms with Gasteiger partial charge in [-0.3, -0.25) is 0 Å². The molecule has 1 aliphatic rings. The van der Waals surface area contributed by atoms with Gasteiger partial charge in [0.05, 0.1) is 25.3 Å². The highest BCUT2D eigenvalue weighted by atomic mass is 79.9. The molecule has 0 fully saturated rings. The maximum Gasteiger partial charge on any atom is 0.338 e. The van der Waals surface area contributed by atoms with Crippen LogP contribution in [0.15, 0.2) is 27.9 Å². The van der Waals surface area contributed by atoms with Gasteiger partial charge in [-0.05, 0) is 25.5 Å². The predicted octanol–water partition coefficient (Wildman–Crippen LogP) is 3.13. The quantitative estimate of drug-likeness (QED) is 0.623. The highest BCUT2D eigenvalue weighted by Gasteiger charge is 2.35. The van der Waals surface area contributed by atoms with Crippen molar-refractivity contribution < 1.29 is 24.2 Å². The van der Waals surface area contributed by atoms with E-state index in [2.05, 4.69) is 26.6 Å². The van der Waals surface area contributed by atoms with Crippen LogP contribution in [0.25, 0.3) is 0 Å². The average molecular weight is 413 g/mol. The molecule has 3 N–H and O–H groups in total. The molecule has 0 saturated carbocycles. The number of carbonyl (C=O) groups is 2. The van der Waals surface area contributed by atoms with Crippen molar-refractivity contribution in [3.05, 3.63) is 33.4 Å². The van der Waals surface area contributed by atoms with E-state index in [1.54, 1.807) is 19.1 Å². The zero-order chi connectivity index (χ0) is 18.6.